The number of carbonyl (C=O) groups is 1. The van der Waals surface area contributed by atoms with Gasteiger partial charge in [-0.15, -0.1) is 11.3 Å². The van der Waals surface area contributed by atoms with Crippen LogP contribution in [0.1, 0.15) is 21.1 Å². The Morgan fingerprint density at radius 3 is 2.68 bits per heavy atom. The fraction of sp³-hybridized carbons (Fsp3) is 0.154. The molecule has 96 valence electrons. The Bertz CT molecular complexity index is 768. The van der Waals surface area contributed by atoms with Crippen molar-refractivity contribution in [2.45, 2.75) is 13.8 Å². The number of fused-ring (bicyclic) bond motifs is 1. The molecule has 5 nitrogen and oxygen atoms in total. The van der Waals surface area contributed by atoms with Gasteiger partial charge in [-0.1, -0.05) is 0 Å². The first-order valence-electron chi connectivity index (χ1n) is 5.77. The van der Waals surface area contributed by atoms with Crippen molar-refractivity contribution in [1.82, 2.24) is 14.4 Å². The van der Waals surface area contributed by atoms with E-state index < -0.39 is 5.91 Å². The second kappa shape index (κ2) is 4.17. The van der Waals surface area contributed by atoms with Crippen LogP contribution in [-0.2, 0) is 0 Å². The largest absolute Gasteiger partial charge is 0.364 e. The molecule has 0 radical (unpaired) electrons. The third-order valence-electron chi connectivity index (χ3n) is 2.98. The summed E-state index contributed by atoms with van der Waals surface area (Å²) in [5.41, 5.74) is 8.24. The maximum Gasteiger partial charge on any atom is 0.268 e. The van der Waals surface area contributed by atoms with E-state index in [1.165, 1.54) is 4.88 Å². The Kier molecular flexibility index (Phi) is 2.60. The van der Waals surface area contributed by atoms with Crippen molar-refractivity contribution in [2.75, 3.05) is 0 Å². The van der Waals surface area contributed by atoms with Crippen LogP contribution in [0, 0.1) is 13.8 Å². The maximum absolute atomic E-state index is 11.1. The molecule has 3 rings (SSSR count). The number of amides is 1. The van der Waals surface area contributed by atoms with Crippen molar-refractivity contribution >= 4 is 22.9 Å². The van der Waals surface area contributed by atoms with Crippen molar-refractivity contribution in [2.24, 2.45) is 5.73 Å². The van der Waals surface area contributed by atoms with Crippen molar-refractivity contribution < 1.29 is 4.79 Å². The summed E-state index contributed by atoms with van der Waals surface area (Å²) in [4.78, 5) is 21.0. The molecule has 0 aromatic carbocycles. The Labute approximate surface area is 113 Å². The molecule has 0 aliphatic heterocycles. The highest BCUT2D eigenvalue weighted by Crippen LogP contribution is 2.27. The van der Waals surface area contributed by atoms with Gasteiger partial charge in [-0.25, -0.2) is 9.97 Å². The number of imidazole rings is 1. The number of aryl methyl sites for hydroxylation is 2. The van der Waals surface area contributed by atoms with Crippen LogP contribution >= 0.6 is 11.3 Å². The van der Waals surface area contributed by atoms with Crippen molar-refractivity contribution in [3.63, 3.8) is 0 Å². The summed E-state index contributed by atoms with van der Waals surface area (Å²) in [7, 11) is 0. The quantitative estimate of drug-likeness (QED) is 0.777. The lowest BCUT2D eigenvalue weighted by Crippen LogP contribution is -2.10. The summed E-state index contributed by atoms with van der Waals surface area (Å²) in [6.45, 7) is 4.05. The lowest BCUT2D eigenvalue weighted by molar-refractivity contribution is 0.0996. The van der Waals surface area contributed by atoms with Crippen LogP contribution in [0.4, 0.5) is 0 Å². The molecule has 0 saturated heterocycles. The molecule has 0 aliphatic carbocycles. The molecule has 0 bridgehead atoms. The molecule has 0 unspecified atom stereocenters. The fourth-order valence-corrected chi connectivity index (χ4v) is 2.74. The van der Waals surface area contributed by atoms with Gasteiger partial charge in [0.2, 0.25) is 0 Å². The summed E-state index contributed by atoms with van der Waals surface area (Å²) in [6.07, 6.45) is 3.54. The zero-order valence-corrected chi connectivity index (χ0v) is 11.4. The fourth-order valence-electron chi connectivity index (χ4n) is 1.83. The zero-order valence-electron chi connectivity index (χ0n) is 10.5. The van der Waals surface area contributed by atoms with E-state index in [9.17, 15) is 4.79 Å². The monoisotopic (exact) mass is 272 g/mol. The molecule has 2 N–H and O–H groups in total. The van der Waals surface area contributed by atoms with Gasteiger partial charge >= 0.3 is 0 Å². The number of rotatable bonds is 2. The number of thiazole rings is 1. The Hall–Kier alpha value is -2.21. The molecule has 3 aromatic heterocycles. The maximum atomic E-state index is 11.1. The van der Waals surface area contributed by atoms with E-state index in [-0.39, 0.29) is 5.69 Å². The minimum Gasteiger partial charge on any atom is -0.364 e. The zero-order chi connectivity index (χ0) is 13.6. The number of hydrogen-bond acceptors (Lipinski definition) is 4. The van der Waals surface area contributed by atoms with E-state index in [1.807, 2.05) is 25.3 Å². The van der Waals surface area contributed by atoms with Crippen molar-refractivity contribution in [1.29, 1.82) is 0 Å². The highest BCUT2D eigenvalue weighted by Gasteiger charge is 2.10. The average Bonchev–Trinajstić information content (AvgIpc) is 2.93. The summed E-state index contributed by atoms with van der Waals surface area (Å²) in [5, 5.41) is 0.964. The Balaban J connectivity index is 2.13. The summed E-state index contributed by atoms with van der Waals surface area (Å²) >= 11 is 1.65. The molecule has 3 aromatic rings. The van der Waals surface area contributed by atoms with E-state index in [2.05, 4.69) is 16.9 Å². The SMILES string of the molecule is Cc1nc(-c2ccc3nc(C(N)=O)cn3c2)sc1C. The third-order valence-corrected chi connectivity index (χ3v) is 4.10. The summed E-state index contributed by atoms with van der Waals surface area (Å²) < 4.78 is 1.79. The predicted octanol–water partition coefficient (Wildman–Crippen LogP) is 2.17. The number of nitrogens with zero attached hydrogens (tertiary/aromatic N) is 3. The van der Waals surface area contributed by atoms with Crippen LogP contribution in [0.2, 0.25) is 0 Å². The van der Waals surface area contributed by atoms with E-state index in [0.717, 1.165) is 16.3 Å². The van der Waals surface area contributed by atoms with E-state index in [4.69, 9.17) is 5.73 Å². The van der Waals surface area contributed by atoms with E-state index in [1.54, 1.807) is 21.9 Å². The highest BCUT2D eigenvalue weighted by atomic mass is 32.1. The van der Waals surface area contributed by atoms with Gasteiger partial charge in [-0.05, 0) is 26.0 Å². The van der Waals surface area contributed by atoms with Gasteiger partial charge < -0.3 is 10.1 Å². The molecular formula is C13H12N4OS. The first-order chi connectivity index (χ1) is 9.04. The Morgan fingerprint density at radius 1 is 1.26 bits per heavy atom. The van der Waals surface area contributed by atoms with Gasteiger partial charge in [-0.3, -0.25) is 4.79 Å². The highest BCUT2D eigenvalue weighted by molar-refractivity contribution is 7.15. The average molecular weight is 272 g/mol. The molecule has 19 heavy (non-hydrogen) atoms. The summed E-state index contributed by atoms with van der Waals surface area (Å²) in [5.74, 6) is -0.522. The minimum atomic E-state index is -0.522. The molecule has 0 saturated carbocycles. The first-order valence-corrected chi connectivity index (χ1v) is 6.59. The van der Waals surface area contributed by atoms with Crippen LogP contribution in [0.25, 0.3) is 16.2 Å². The molecule has 0 atom stereocenters. The lowest BCUT2D eigenvalue weighted by Gasteiger charge is -1.97. The van der Waals surface area contributed by atoms with Crippen molar-refractivity contribution in [3.05, 3.63) is 40.8 Å². The third kappa shape index (κ3) is 2.00. The molecule has 1 amide bonds. The standard InChI is InChI=1S/C13H12N4OS/c1-7-8(2)19-13(15-7)9-3-4-11-16-10(12(14)18)6-17(11)5-9/h3-6H,1-2H3,(H2,14,18). The minimum absolute atomic E-state index is 0.267. The van der Waals surface area contributed by atoms with Gasteiger partial charge in [-0.2, -0.15) is 0 Å². The van der Waals surface area contributed by atoms with Crippen LogP contribution in [0.5, 0.6) is 0 Å². The normalized spacial score (nSPS) is 11.1. The Morgan fingerprint density at radius 2 is 2.05 bits per heavy atom. The van der Waals surface area contributed by atoms with E-state index in [0.29, 0.717) is 5.65 Å². The van der Waals surface area contributed by atoms with Crippen molar-refractivity contribution in [3.8, 4) is 10.6 Å². The van der Waals surface area contributed by atoms with Gasteiger partial charge in [0.25, 0.3) is 5.91 Å². The second-order valence-electron chi connectivity index (χ2n) is 4.33. The van der Waals surface area contributed by atoms with Crippen LogP contribution in [0.15, 0.2) is 24.5 Å². The lowest BCUT2D eigenvalue weighted by atomic mass is 10.3. The molecule has 6 heteroatoms. The molecule has 3 heterocycles. The number of primary amides is 1. The van der Waals surface area contributed by atoms with Gasteiger partial charge in [0.05, 0.1) is 5.69 Å². The summed E-state index contributed by atoms with van der Waals surface area (Å²) in [6, 6.07) is 3.80. The van der Waals surface area contributed by atoms with Crippen LogP contribution in [-0.4, -0.2) is 20.3 Å². The van der Waals surface area contributed by atoms with Gasteiger partial charge in [0.15, 0.2) is 0 Å². The number of hydrogen-bond donors (Lipinski definition) is 1. The molecular weight excluding hydrogens is 260 g/mol. The number of nitrogens with two attached hydrogens (primary N) is 1. The number of carbonyl (C=O) groups excluding carboxylic acids is 1. The van der Waals surface area contributed by atoms with Crippen LogP contribution < -0.4 is 5.73 Å². The smallest absolute Gasteiger partial charge is 0.268 e. The second-order valence-corrected chi connectivity index (χ2v) is 5.54. The molecule has 0 aliphatic rings. The predicted molar refractivity (Wildman–Crippen MR) is 74.3 cm³/mol. The topological polar surface area (TPSA) is 73.3 Å². The van der Waals surface area contributed by atoms with Crippen LogP contribution in [0.3, 0.4) is 0 Å². The molecule has 0 fully saturated rings. The van der Waals surface area contributed by atoms with Gasteiger partial charge in [0.1, 0.15) is 16.3 Å². The number of aromatic nitrogens is 3. The number of pyridine rings is 1. The van der Waals surface area contributed by atoms with Gasteiger partial charge in [0, 0.05) is 22.8 Å². The van der Waals surface area contributed by atoms with E-state index >= 15 is 0 Å². The molecule has 0 spiro atoms. The first kappa shape index (κ1) is 11.9.